The summed E-state index contributed by atoms with van der Waals surface area (Å²) in [4.78, 5) is 0. The first-order chi connectivity index (χ1) is 18.5. The van der Waals surface area contributed by atoms with Crippen LogP contribution in [0.2, 0.25) is 35.3 Å². The van der Waals surface area contributed by atoms with Gasteiger partial charge in [0.25, 0.3) is 0 Å². The van der Waals surface area contributed by atoms with Crippen molar-refractivity contribution in [1.82, 2.24) is 0 Å². The van der Waals surface area contributed by atoms with Gasteiger partial charge in [0.2, 0.25) is 0 Å². The van der Waals surface area contributed by atoms with E-state index in [9.17, 15) is 10.2 Å². The summed E-state index contributed by atoms with van der Waals surface area (Å²) < 4.78 is 14.4. The van der Waals surface area contributed by atoms with Crippen molar-refractivity contribution in [2.24, 2.45) is 22.7 Å². The summed E-state index contributed by atoms with van der Waals surface area (Å²) in [6.45, 7) is 32.2. The monoisotopic (exact) mass is 592 g/mol. The summed E-state index contributed by atoms with van der Waals surface area (Å²) in [5.74, 6) is 0.452. The molecule has 0 amide bonds. The lowest BCUT2D eigenvalue weighted by atomic mass is 9.50. The number of hydrogen-bond donors (Lipinski definition) is 2. The Morgan fingerprint density at radius 2 is 1.32 bits per heavy atom. The van der Waals surface area contributed by atoms with Crippen molar-refractivity contribution in [2.45, 2.75) is 168 Å². The zero-order valence-electron chi connectivity index (χ0n) is 28.2. The molecule has 0 saturated heterocycles. The van der Waals surface area contributed by atoms with E-state index in [1.54, 1.807) is 0 Å². The second-order valence-electron chi connectivity index (χ2n) is 15.1. The van der Waals surface area contributed by atoms with Gasteiger partial charge in [0.15, 0.2) is 16.6 Å². The molecule has 7 atom stereocenters. The van der Waals surface area contributed by atoms with Crippen LogP contribution in [0.15, 0.2) is 23.3 Å². The summed E-state index contributed by atoms with van der Waals surface area (Å²) in [5.41, 5.74) is 3.82. The van der Waals surface area contributed by atoms with Crippen LogP contribution in [0, 0.1) is 22.7 Å². The van der Waals surface area contributed by atoms with Crippen molar-refractivity contribution in [3.05, 3.63) is 23.3 Å². The highest BCUT2D eigenvalue weighted by Crippen LogP contribution is 2.60. The largest absolute Gasteiger partial charge is 0.410 e. The third-order valence-electron chi connectivity index (χ3n) is 12.8. The third-order valence-corrected chi connectivity index (χ3v) is 23.3. The number of aliphatic hydroxyl groups is 2. The minimum absolute atomic E-state index is 0.0123. The molecule has 0 unspecified atom stereocenters. The van der Waals surface area contributed by atoms with Gasteiger partial charge in [-0.05, 0) is 102 Å². The Labute approximate surface area is 249 Å². The predicted octanol–water partition coefficient (Wildman–Crippen LogP) is 9.01. The Hall–Kier alpha value is -0.246. The van der Waals surface area contributed by atoms with Crippen LogP contribution in [0.5, 0.6) is 0 Å². The molecule has 3 rings (SSSR count). The Balaban J connectivity index is 2.06. The number of rotatable bonds is 10. The molecule has 0 spiro atoms. The molecule has 0 radical (unpaired) electrons. The van der Waals surface area contributed by atoms with Crippen LogP contribution in [-0.4, -0.2) is 51.3 Å². The quantitative estimate of drug-likeness (QED) is 0.196. The van der Waals surface area contributed by atoms with Gasteiger partial charge in [-0.1, -0.05) is 82.7 Å². The molecule has 0 aromatic carbocycles. The second-order valence-corrected chi connectivity index (χ2v) is 25.0. The Bertz CT molecular complexity index is 932. The standard InChI is InChI=1S/C34H64O4Si2/c1-14-39(15-2,22(5)6)37-28-18-19-34(13)27(24(28)9)20-26-21-29(38-40(16-3,17-4)23(7)8)25(10)30(33(26,11)12)31(35)32(34)36/h22-23,26-29,31-32,35-36H,9,14-21H2,1-8,10-13H3/t26-,27-,28+,29+,31-,32+,34-/m1/s1. The number of aliphatic hydroxyl groups excluding tert-OH is 2. The zero-order valence-corrected chi connectivity index (χ0v) is 30.2. The molecule has 0 aromatic heterocycles. The van der Waals surface area contributed by atoms with Gasteiger partial charge in [-0.3, -0.25) is 0 Å². The van der Waals surface area contributed by atoms with E-state index < -0.39 is 34.3 Å². The fraction of sp³-hybridized carbons (Fsp3) is 0.882. The highest BCUT2D eigenvalue weighted by Gasteiger charge is 2.58. The van der Waals surface area contributed by atoms with E-state index in [2.05, 4.69) is 83.1 Å². The Morgan fingerprint density at radius 3 is 1.77 bits per heavy atom. The summed E-state index contributed by atoms with van der Waals surface area (Å²) in [6.07, 6.45) is 2.00. The van der Waals surface area contributed by atoms with Gasteiger partial charge < -0.3 is 19.1 Å². The molecule has 2 bridgehead atoms. The van der Waals surface area contributed by atoms with Gasteiger partial charge in [-0.15, -0.1) is 0 Å². The molecular formula is C34H64O4Si2. The molecule has 6 heteroatoms. The van der Waals surface area contributed by atoms with Crippen molar-refractivity contribution < 1.29 is 19.1 Å². The SMILES string of the molecule is C=C1[C@@H](O[Si](CC)(CC)C(C)C)CC[C@]2(C)[C@@H]1C[C@@H]1C[C@H](O[Si](CC)(CC)C(C)C)C(C)=C([C@@H](O)[C@@H]2O)C1(C)C. The van der Waals surface area contributed by atoms with Crippen LogP contribution in [0.4, 0.5) is 0 Å². The zero-order chi connectivity index (χ0) is 30.4. The first kappa shape index (κ1) is 34.2. The van der Waals surface area contributed by atoms with Crippen molar-refractivity contribution in [2.75, 3.05) is 0 Å². The van der Waals surface area contributed by atoms with E-state index in [1.807, 2.05) is 0 Å². The molecule has 4 nitrogen and oxygen atoms in total. The van der Waals surface area contributed by atoms with Crippen molar-refractivity contribution in [3.63, 3.8) is 0 Å². The van der Waals surface area contributed by atoms with Gasteiger partial charge in [0.1, 0.15) is 6.10 Å². The molecule has 232 valence electrons. The smallest absolute Gasteiger partial charge is 0.195 e. The second kappa shape index (κ2) is 12.4. The summed E-state index contributed by atoms with van der Waals surface area (Å²) in [7, 11) is -3.84. The molecule has 3 aliphatic rings. The van der Waals surface area contributed by atoms with Crippen LogP contribution >= 0.6 is 0 Å². The van der Waals surface area contributed by atoms with E-state index in [1.165, 1.54) is 5.57 Å². The van der Waals surface area contributed by atoms with Crippen LogP contribution in [0.3, 0.4) is 0 Å². The lowest BCUT2D eigenvalue weighted by Gasteiger charge is -2.58. The molecule has 2 saturated carbocycles. The maximum absolute atomic E-state index is 12.0. The third kappa shape index (κ3) is 5.56. The predicted molar refractivity (Wildman–Crippen MR) is 175 cm³/mol. The normalized spacial score (nSPS) is 35.1. The Morgan fingerprint density at radius 1 is 0.850 bits per heavy atom. The topological polar surface area (TPSA) is 58.9 Å². The lowest BCUT2D eigenvalue weighted by Crippen LogP contribution is -2.58. The molecule has 0 aromatic rings. The van der Waals surface area contributed by atoms with Crippen LogP contribution < -0.4 is 0 Å². The van der Waals surface area contributed by atoms with Crippen LogP contribution in [-0.2, 0) is 8.85 Å². The maximum Gasteiger partial charge on any atom is 0.195 e. The molecule has 2 N–H and O–H groups in total. The van der Waals surface area contributed by atoms with Crippen LogP contribution in [0.1, 0.15) is 109 Å². The van der Waals surface area contributed by atoms with E-state index >= 15 is 0 Å². The summed E-state index contributed by atoms with van der Waals surface area (Å²) in [6, 6.07) is 4.44. The minimum Gasteiger partial charge on any atom is -0.410 e. The first-order valence-electron chi connectivity index (χ1n) is 16.6. The van der Waals surface area contributed by atoms with Crippen molar-refractivity contribution >= 4 is 16.6 Å². The molecule has 3 aliphatic carbocycles. The fourth-order valence-electron chi connectivity index (χ4n) is 9.24. The highest BCUT2D eigenvalue weighted by atomic mass is 28.4. The maximum atomic E-state index is 12.0. The van der Waals surface area contributed by atoms with Crippen molar-refractivity contribution in [3.8, 4) is 0 Å². The summed E-state index contributed by atoms with van der Waals surface area (Å²) in [5, 5.41) is 24.1. The molecule has 0 aliphatic heterocycles. The van der Waals surface area contributed by atoms with E-state index in [-0.39, 0.29) is 23.5 Å². The van der Waals surface area contributed by atoms with Crippen LogP contribution in [0.25, 0.3) is 0 Å². The van der Waals surface area contributed by atoms with Gasteiger partial charge in [0, 0.05) is 5.41 Å². The first-order valence-corrected chi connectivity index (χ1v) is 21.4. The van der Waals surface area contributed by atoms with Gasteiger partial charge in [0.05, 0.1) is 18.3 Å². The van der Waals surface area contributed by atoms with Gasteiger partial charge >= 0.3 is 0 Å². The number of fused-ring (bicyclic) bond motifs is 3. The average Bonchev–Trinajstić information content (AvgIpc) is 2.90. The minimum atomic E-state index is -1.94. The molecule has 40 heavy (non-hydrogen) atoms. The number of hydrogen-bond acceptors (Lipinski definition) is 4. The van der Waals surface area contributed by atoms with E-state index in [0.29, 0.717) is 17.0 Å². The van der Waals surface area contributed by atoms with Gasteiger partial charge in [-0.2, -0.15) is 0 Å². The fourth-order valence-corrected chi connectivity index (χ4v) is 16.4. The van der Waals surface area contributed by atoms with E-state index in [4.69, 9.17) is 15.4 Å². The molecule has 0 heterocycles. The lowest BCUT2D eigenvalue weighted by molar-refractivity contribution is -0.113. The molecule has 2 fully saturated rings. The average molecular weight is 593 g/mol. The Kier molecular flexibility index (Phi) is 10.6. The van der Waals surface area contributed by atoms with Crippen molar-refractivity contribution in [1.29, 1.82) is 0 Å². The van der Waals surface area contributed by atoms with Gasteiger partial charge in [-0.25, -0.2) is 0 Å². The molecular weight excluding hydrogens is 529 g/mol. The highest BCUT2D eigenvalue weighted by molar-refractivity contribution is 6.75. The summed E-state index contributed by atoms with van der Waals surface area (Å²) >= 11 is 0. The van der Waals surface area contributed by atoms with E-state index in [0.717, 1.165) is 61.0 Å².